The van der Waals surface area contributed by atoms with Crippen LogP contribution in [-0.4, -0.2) is 36.7 Å². The van der Waals surface area contributed by atoms with E-state index in [0.29, 0.717) is 30.5 Å². The van der Waals surface area contributed by atoms with E-state index in [1.165, 1.54) is 4.90 Å². The molecule has 0 amide bonds. The van der Waals surface area contributed by atoms with Crippen molar-refractivity contribution in [2.45, 2.75) is 36.5 Å². The number of aryl methyl sites for hydroxylation is 2. The molecular formula is C17H22N2O3S2. The van der Waals surface area contributed by atoms with Crippen molar-refractivity contribution in [1.82, 2.24) is 9.46 Å². The molecule has 5 nitrogen and oxygen atoms in total. The standard InChI is InChI=1S/C17H22N2O3S2/c1-13-17(14(2)22-18-13)24(20,21)19-10-8-15(9-11-19)12-23-16-6-4-3-5-7-16/h3-7,15H,8-12H2,1-2H3. The zero-order valence-electron chi connectivity index (χ0n) is 13.9. The fraction of sp³-hybridized carbons (Fsp3) is 0.471. The van der Waals surface area contributed by atoms with Crippen LogP contribution < -0.4 is 0 Å². The minimum absolute atomic E-state index is 0.236. The summed E-state index contributed by atoms with van der Waals surface area (Å²) in [6.45, 7) is 4.45. The number of benzene rings is 1. The molecule has 0 saturated carbocycles. The molecule has 0 N–H and O–H groups in total. The summed E-state index contributed by atoms with van der Waals surface area (Å²) in [5, 5.41) is 3.77. The van der Waals surface area contributed by atoms with Crippen molar-refractivity contribution in [3.05, 3.63) is 41.8 Å². The van der Waals surface area contributed by atoms with Crippen molar-refractivity contribution in [2.24, 2.45) is 5.92 Å². The first-order valence-corrected chi connectivity index (χ1v) is 10.5. The summed E-state index contributed by atoms with van der Waals surface area (Å²) in [4.78, 5) is 1.50. The summed E-state index contributed by atoms with van der Waals surface area (Å²) in [7, 11) is -3.50. The topological polar surface area (TPSA) is 63.4 Å². The van der Waals surface area contributed by atoms with Crippen LogP contribution in [0.3, 0.4) is 0 Å². The molecule has 3 rings (SSSR count). The summed E-state index contributed by atoms with van der Waals surface area (Å²) >= 11 is 1.85. The van der Waals surface area contributed by atoms with E-state index in [1.807, 2.05) is 30.0 Å². The highest BCUT2D eigenvalue weighted by Gasteiger charge is 2.33. The van der Waals surface area contributed by atoms with Crippen LogP contribution in [0.5, 0.6) is 0 Å². The number of hydrogen-bond acceptors (Lipinski definition) is 5. The van der Waals surface area contributed by atoms with E-state index in [4.69, 9.17) is 4.52 Å². The molecule has 24 heavy (non-hydrogen) atoms. The van der Waals surface area contributed by atoms with Crippen molar-refractivity contribution >= 4 is 21.8 Å². The maximum absolute atomic E-state index is 12.8. The Morgan fingerprint density at radius 1 is 1.21 bits per heavy atom. The third-order valence-electron chi connectivity index (χ3n) is 4.37. The molecule has 7 heteroatoms. The molecule has 130 valence electrons. The molecule has 0 bridgehead atoms. The molecule has 1 fully saturated rings. The number of rotatable bonds is 5. The molecule has 0 unspecified atom stereocenters. The average molecular weight is 367 g/mol. The molecule has 2 heterocycles. The van der Waals surface area contributed by atoms with Crippen LogP contribution in [0.2, 0.25) is 0 Å². The number of thioether (sulfide) groups is 1. The maximum atomic E-state index is 12.8. The molecule has 1 aromatic carbocycles. The average Bonchev–Trinajstić information content (AvgIpc) is 2.93. The van der Waals surface area contributed by atoms with E-state index in [0.717, 1.165) is 18.6 Å². The fourth-order valence-corrected chi connectivity index (χ4v) is 5.89. The van der Waals surface area contributed by atoms with Gasteiger partial charge in [-0.05, 0) is 44.7 Å². The summed E-state index contributed by atoms with van der Waals surface area (Å²) in [6.07, 6.45) is 1.78. The van der Waals surface area contributed by atoms with Gasteiger partial charge in [0.15, 0.2) is 5.76 Å². The van der Waals surface area contributed by atoms with E-state index >= 15 is 0 Å². The van der Waals surface area contributed by atoms with Gasteiger partial charge in [0.25, 0.3) is 0 Å². The molecule has 1 aliphatic heterocycles. The fourth-order valence-electron chi connectivity index (χ4n) is 3.02. The lowest BCUT2D eigenvalue weighted by Crippen LogP contribution is -2.39. The van der Waals surface area contributed by atoms with Gasteiger partial charge in [0.1, 0.15) is 10.6 Å². The first kappa shape index (κ1) is 17.5. The van der Waals surface area contributed by atoms with E-state index in [-0.39, 0.29) is 4.90 Å². The van der Waals surface area contributed by atoms with Crippen LogP contribution in [0.1, 0.15) is 24.3 Å². The van der Waals surface area contributed by atoms with Gasteiger partial charge in [-0.15, -0.1) is 11.8 Å². The molecule has 0 spiro atoms. The summed E-state index contributed by atoms with van der Waals surface area (Å²) in [5.41, 5.74) is 0.439. The van der Waals surface area contributed by atoms with Gasteiger partial charge in [-0.3, -0.25) is 0 Å². The Labute approximate surface area is 147 Å². The Kier molecular flexibility index (Phi) is 5.32. The van der Waals surface area contributed by atoms with Crippen LogP contribution in [0.25, 0.3) is 0 Å². The number of sulfonamides is 1. The summed E-state index contributed by atoms with van der Waals surface area (Å²) < 4.78 is 32.2. The Balaban J connectivity index is 1.59. The molecule has 0 aliphatic carbocycles. The Hall–Kier alpha value is -1.31. The molecular weight excluding hydrogens is 344 g/mol. The predicted molar refractivity (Wildman–Crippen MR) is 94.6 cm³/mol. The van der Waals surface area contributed by atoms with E-state index < -0.39 is 10.0 Å². The zero-order valence-corrected chi connectivity index (χ0v) is 15.6. The minimum atomic E-state index is -3.50. The SMILES string of the molecule is Cc1noc(C)c1S(=O)(=O)N1CCC(CSc2ccccc2)CC1. The second kappa shape index (κ2) is 7.29. The highest BCUT2D eigenvalue weighted by Crippen LogP contribution is 2.30. The smallest absolute Gasteiger partial charge is 0.248 e. The summed E-state index contributed by atoms with van der Waals surface area (Å²) in [5.74, 6) is 1.95. The quantitative estimate of drug-likeness (QED) is 0.758. The van der Waals surface area contributed by atoms with Gasteiger partial charge < -0.3 is 4.52 Å². The Morgan fingerprint density at radius 3 is 2.46 bits per heavy atom. The molecule has 1 aromatic heterocycles. The Morgan fingerprint density at radius 2 is 1.88 bits per heavy atom. The van der Waals surface area contributed by atoms with E-state index in [1.54, 1.807) is 18.2 Å². The van der Waals surface area contributed by atoms with Crippen molar-refractivity contribution in [3.8, 4) is 0 Å². The number of nitrogens with zero attached hydrogens (tertiary/aromatic N) is 2. The van der Waals surface area contributed by atoms with Gasteiger partial charge in [0, 0.05) is 23.7 Å². The van der Waals surface area contributed by atoms with Crippen LogP contribution in [-0.2, 0) is 10.0 Å². The monoisotopic (exact) mass is 366 g/mol. The number of piperidine rings is 1. The predicted octanol–water partition coefficient (Wildman–Crippen LogP) is 3.48. The highest BCUT2D eigenvalue weighted by atomic mass is 32.2. The second-order valence-electron chi connectivity index (χ2n) is 6.12. The highest BCUT2D eigenvalue weighted by molar-refractivity contribution is 7.99. The first-order valence-electron chi connectivity index (χ1n) is 8.09. The van der Waals surface area contributed by atoms with Gasteiger partial charge in [0.05, 0.1) is 0 Å². The minimum Gasteiger partial charge on any atom is -0.360 e. The molecule has 0 atom stereocenters. The van der Waals surface area contributed by atoms with Crippen molar-refractivity contribution in [1.29, 1.82) is 0 Å². The van der Waals surface area contributed by atoms with E-state index in [9.17, 15) is 8.42 Å². The van der Waals surface area contributed by atoms with Crippen molar-refractivity contribution < 1.29 is 12.9 Å². The third kappa shape index (κ3) is 3.68. The maximum Gasteiger partial charge on any atom is 0.248 e. The van der Waals surface area contributed by atoms with Gasteiger partial charge >= 0.3 is 0 Å². The second-order valence-corrected chi connectivity index (χ2v) is 9.09. The number of aromatic nitrogens is 1. The number of hydrogen-bond donors (Lipinski definition) is 0. The molecule has 1 saturated heterocycles. The van der Waals surface area contributed by atoms with Crippen LogP contribution >= 0.6 is 11.8 Å². The first-order chi connectivity index (χ1) is 11.5. The Bertz CT molecular complexity index is 760. The van der Waals surface area contributed by atoms with Gasteiger partial charge in [-0.2, -0.15) is 4.31 Å². The van der Waals surface area contributed by atoms with Gasteiger partial charge in [-0.1, -0.05) is 23.4 Å². The third-order valence-corrected chi connectivity index (χ3v) is 7.76. The van der Waals surface area contributed by atoms with Gasteiger partial charge in [-0.25, -0.2) is 8.42 Å². The molecule has 1 aliphatic rings. The lowest BCUT2D eigenvalue weighted by molar-refractivity contribution is 0.290. The van der Waals surface area contributed by atoms with Crippen LogP contribution in [0.4, 0.5) is 0 Å². The van der Waals surface area contributed by atoms with E-state index in [2.05, 4.69) is 17.3 Å². The van der Waals surface area contributed by atoms with Crippen molar-refractivity contribution in [3.63, 3.8) is 0 Å². The van der Waals surface area contributed by atoms with Gasteiger partial charge in [0.2, 0.25) is 10.0 Å². The zero-order chi connectivity index (χ0) is 17.2. The lowest BCUT2D eigenvalue weighted by Gasteiger charge is -2.30. The largest absolute Gasteiger partial charge is 0.360 e. The van der Waals surface area contributed by atoms with Crippen molar-refractivity contribution in [2.75, 3.05) is 18.8 Å². The van der Waals surface area contributed by atoms with Crippen LogP contribution in [0, 0.1) is 19.8 Å². The normalized spacial score (nSPS) is 17.2. The van der Waals surface area contributed by atoms with Crippen LogP contribution in [0.15, 0.2) is 44.6 Å². The molecule has 2 aromatic rings. The summed E-state index contributed by atoms with van der Waals surface area (Å²) in [6, 6.07) is 10.3. The molecule has 0 radical (unpaired) electrons. The lowest BCUT2D eigenvalue weighted by atomic mass is 10.0.